The molecule has 0 aliphatic carbocycles. The molecule has 1 amide bonds. The van der Waals surface area contributed by atoms with Crippen LogP contribution in [0, 0.1) is 0 Å². The number of aromatic nitrogens is 1. The van der Waals surface area contributed by atoms with E-state index in [2.05, 4.69) is 17.1 Å². The average molecular weight is 335 g/mol. The van der Waals surface area contributed by atoms with Gasteiger partial charge < -0.3 is 4.90 Å². The van der Waals surface area contributed by atoms with E-state index in [1.54, 1.807) is 18.3 Å². The lowest BCUT2D eigenvalue weighted by atomic mass is 10.1. The molecule has 2 aromatic carbocycles. The highest BCUT2D eigenvalue weighted by Gasteiger charge is 2.24. The molecule has 0 bridgehead atoms. The minimum Gasteiger partial charge on any atom is -0.330 e. The van der Waals surface area contributed by atoms with Gasteiger partial charge in [-0.1, -0.05) is 41.9 Å². The Morgan fingerprint density at radius 1 is 0.958 bits per heavy atom. The number of carbonyl (C=O) groups excluding carboxylic acids is 1. The molecule has 1 aliphatic rings. The van der Waals surface area contributed by atoms with Gasteiger partial charge in [-0.3, -0.25) is 9.78 Å². The van der Waals surface area contributed by atoms with E-state index < -0.39 is 0 Å². The second-order valence-corrected chi connectivity index (χ2v) is 6.25. The Hall–Kier alpha value is -2.65. The largest absolute Gasteiger partial charge is 0.330 e. The van der Waals surface area contributed by atoms with Gasteiger partial charge in [-0.05, 0) is 41.5 Å². The van der Waals surface area contributed by atoms with E-state index in [1.807, 2.05) is 41.3 Å². The highest BCUT2D eigenvalue weighted by molar-refractivity contribution is 6.33. The molecule has 0 saturated heterocycles. The first kappa shape index (κ1) is 14.9. The molecule has 4 rings (SSSR count). The molecule has 0 unspecified atom stereocenters. The number of pyridine rings is 1. The third kappa shape index (κ3) is 2.68. The van der Waals surface area contributed by atoms with Crippen LogP contribution in [-0.4, -0.2) is 15.8 Å². The number of nitrogens with zero attached hydrogens (tertiary/aromatic N) is 2. The van der Waals surface area contributed by atoms with Crippen LogP contribution in [0.3, 0.4) is 0 Å². The normalized spacial score (nSPS) is 13.0. The van der Waals surface area contributed by atoms with Crippen LogP contribution < -0.4 is 0 Å². The molecule has 1 aromatic heterocycles. The first-order chi connectivity index (χ1) is 11.7. The Bertz CT molecular complexity index is 884. The van der Waals surface area contributed by atoms with Gasteiger partial charge in [-0.15, -0.1) is 0 Å². The van der Waals surface area contributed by atoms with Crippen molar-refractivity contribution in [1.82, 2.24) is 9.88 Å². The number of fused-ring (bicyclic) bond motifs is 1. The molecule has 2 heterocycles. The van der Waals surface area contributed by atoms with Crippen molar-refractivity contribution in [2.75, 3.05) is 0 Å². The molecule has 0 atom stereocenters. The van der Waals surface area contributed by atoms with Crippen LogP contribution >= 0.6 is 11.6 Å². The minimum atomic E-state index is 0.0139. The summed E-state index contributed by atoms with van der Waals surface area (Å²) in [5, 5.41) is 0.593. The Morgan fingerprint density at radius 2 is 1.67 bits per heavy atom. The number of halogens is 1. The van der Waals surface area contributed by atoms with Gasteiger partial charge in [0.25, 0.3) is 5.91 Å². The number of benzene rings is 2. The number of hydrogen-bond acceptors (Lipinski definition) is 2. The Balaban J connectivity index is 1.65. The van der Waals surface area contributed by atoms with Crippen LogP contribution in [0.5, 0.6) is 0 Å². The molecule has 0 spiro atoms. The van der Waals surface area contributed by atoms with Gasteiger partial charge in [0.1, 0.15) is 0 Å². The monoisotopic (exact) mass is 334 g/mol. The molecule has 0 saturated carbocycles. The smallest absolute Gasteiger partial charge is 0.254 e. The fraction of sp³-hybridized carbons (Fsp3) is 0.100. The van der Waals surface area contributed by atoms with E-state index in [0.717, 1.165) is 11.3 Å². The number of amides is 1. The first-order valence-corrected chi connectivity index (χ1v) is 8.17. The van der Waals surface area contributed by atoms with Crippen molar-refractivity contribution in [2.24, 2.45) is 0 Å². The molecule has 0 N–H and O–H groups in total. The number of rotatable bonds is 2. The predicted octanol–water partition coefficient (Wildman–Crippen LogP) is 4.56. The standard InChI is InChI=1S/C20H15ClN2O/c21-18-9-8-14(11-17(18)19-7-3-4-10-22-19)20(24)23-12-15-5-1-2-6-16(15)13-23/h1-11H,12-13H2. The van der Waals surface area contributed by atoms with Gasteiger partial charge in [0.05, 0.1) is 10.7 Å². The van der Waals surface area contributed by atoms with E-state index in [4.69, 9.17) is 11.6 Å². The molecule has 3 nitrogen and oxygen atoms in total. The SMILES string of the molecule is O=C(c1ccc(Cl)c(-c2ccccn2)c1)N1Cc2ccccc2C1. The van der Waals surface area contributed by atoms with Crippen molar-refractivity contribution in [2.45, 2.75) is 13.1 Å². The number of carbonyl (C=O) groups is 1. The zero-order chi connectivity index (χ0) is 16.5. The molecule has 1 aliphatic heterocycles. The van der Waals surface area contributed by atoms with Gasteiger partial charge in [-0.25, -0.2) is 0 Å². The summed E-state index contributed by atoms with van der Waals surface area (Å²) in [6.45, 7) is 1.30. The second kappa shape index (κ2) is 6.10. The fourth-order valence-electron chi connectivity index (χ4n) is 3.04. The van der Waals surface area contributed by atoms with Crippen molar-refractivity contribution in [3.8, 4) is 11.3 Å². The van der Waals surface area contributed by atoms with Gasteiger partial charge in [0.15, 0.2) is 0 Å². The lowest BCUT2D eigenvalue weighted by Gasteiger charge is -2.16. The quantitative estimate of drug-likeness (QED) is 0.688. The van der Waals surface area contributed by atoms with E-state index in [-0.39, 0.29) is 5.91 Å². The minimum absolute atomic E-state index is 0.0139. The third-order valence-corrected chi connectivity index (χ3v) is 4.61. The van der Waals surface area contributed by atoms with Crippen LogP contribution in [0.25, 0.3) is 11.3 Å². The lowest BCUT2D eigenvalue weighted by molar-refractivity contribution is 0.0751. The molecule has 3 aromatic rings. The molecular formula is C20H15ClN2O. The molecule has 0 radical (unpaired) electrons. The van der Waals surface area contributed by atoms with Crippen molar-refractivity contribution in [1.29, 1.82) is 0 Å². The van der Waals surface area contributed by atoms with Crippen LogP contribution in [0.2, 0.25) is 5.02 Å². The molecular weight excluding hydrogens is 320 g/mol. The third-order valence-electron chi connectivity index (χ3n) is 4.28. The highest BCUT2D eigenvalue weighted by Crippen LogP contribution is 2.29. The molecule has 4 heteroatoms. The van der Waals surface area contributed by atoms with E-state index in [1.165, 1.54) is 11.1 Å². The van der Waals surface area contributed by atoms with E-state index in [0.29, 0.717) is 23.7 Å². The Labute approximate surface area is 145 Å². The van der Waals surface area contributed by atoms with E-state index in [9.17, 15) is 4.79 Å². The van der Waals surface area contributed by atoms with Crippen LogP contribution in [-0.2, 0) is 13.1 Å². The summed E-state index contributed by atoms with van der Waals surface area (Å²) in [6.07, 6.45) is 1.72. The fourth-order valence-corrected chi connectivity index (χ4v) is 3.25. The summed E-state index contributed by atoms with van der Waals surface area (Å²) in [7, 11) is 0. The van der Waals surface area contributed by atoms with Crippen LogP contribution in [0.4, 0.5) is 0 Å². The zero-order valence-corrected chi connectivity index (χ0v) is 13.7. The summed E-state index contributed by atoms with van der Waals surface area (Å²) in [4.78, 5) is 19.1. The first-order valence-electron chi connectivity index (χ1n) is 7.79. The van der Waals surface area contributed by atoms with Crippen molar-refractivity contribution in [3.63, 3.8) is 0 Å². The number of hydrogen-bond donors (Lipinski definition) is 0. The summed E-state index contributed by atoms with van der Waals surface area (Å²) >= 11 is 6.30. The van der Waals surface area contributed by atoms with Gasteiger partial charge in [0.2, 0.25) is 0 Å². The molecule has 0 fully saturated rings. The summed E-state index contributed by atoms with van der Waals surface area (Å²) in [6, 6.07) is 19.2. The Morgan fingerprint density at radius 3 is 2.33 bits per heavy atom. The Kier molecular flexibility index (Phi) is 3.79. The van der Waals surface area contributed by atoms with Gasteiger partial charge in [0, 0.05) is 30.4 Å². The summed E-state index contributed by atoms with van der Waals surface area (Å²) < 4.78 is 0. The van der Waals surface area contributed by atoms with Crippen LogP contribution in [0.1, 0.15) is 21.5 Å². The molecule has 24 heavy (non-hydrogen) atoms. The molecule has 118 valence electrons. The summed E-state index contributed by atoms with van der Waals surface area (Å²) in [5.41, 5.74) is 4.60. The van der Waals surface area contributed by atoms with Crippen molar-refractivity contribution < 1.29 is 4.79 Å². The zero-order valence-electron chi connectivity index (χ0n) is 12.9. The van der Waals surface area contributed by atoms with Gasteiger partial charge in [-0.2, -0.15) is 0 Å². The maximum atomic E-state index is 12.9. The highest BCUT2D eigenvalue weighted by atomic mass is 35.5. The average Bonchev–Trinajstić information content (AvgIpc) is 3.06. The lowest BCUT2D eigenvalue weighted by Crippen LogP contribution is -2.25. The van der Waals surface area contributed by atoms with Crippen molar-refractivity contribution in [3.05, 3.63) is 88.6 Å². The topological polar surface area (TPSA) is 33.2 Å². The second-order valence-electron chi connectivity index (χ2n) is 5.84. The maximum absolute atomic E-state index is 12.9. The maximum Gasteiger partial charge on any atom is 0.254 e. The van der Waals surface area contributed by atoms with Crippen molar-refractivity contribution >= 4 is 17.5 Å². The van der Waals surface area contributed by atoms with Gasteiger partial charge >= 0.3 is 0 Å². The predicted molar refractivity (Wildman–Crippen MR) is 94.7 cm³/mol. The summed E-state index contributed by atoms with van der Waals surface area (Å²) in [5.74, 6) is 0.0139. The van der Waals surface area contributed by atoms with Crippen LogP contribution in [0.15, 0.2) is 66.9 Å². The van der Waals surface area contributed by atoms with E-state index >= 15 is 0 Å².